The number of aromatic nitrogens is 1. The van der Waals surface area contributed by atoms with Gasteiger partial charge in [0.15, 0.2) is 0 Å². The third kappa shape index (κ3) is 3.89. The lowest BCUT2D eigenvalue weighted by Gasteiger charge is -2.25. The summed E-state index contributed by atoms with van der Waals surface area (Å²) in [5, 5.41) is 18.4. The lowest BCUT2D eigenvalue weighted by atomic mass is 10.1. The van der Waals surface area contributed by atoms with E-state index in [1.807, 2.05) is 0 Å². The first-order valence-electron chi connectivity index (χ1n) is 5.55. The lowest BCUT2D eigenvalue weighted by molar-refractivity contribution is -0.137. The fraction of sp³-hybridized carbons (Fsp3) is 0.500. The Kier molecular flexibility index (Phi) is 4.13. The Morgan fingerprint density at radius 2 is 2.06 bits per heavy atom. The number of nitrogens with zero attached hydrogens (tertiary/aromatic N) is 2. The second-order valence-electron chi connectivity index (χ2n) is 4.89. The molecule has 2 N–H and O–H groups in total. The zero-order valence-corrected chi connectivity index (χ0v) is 10.8. The van der Waals surface area contributed by atoms with Crippen LogP contribution in [0.25, 0.3) is 0 Å². The highest BCUT2D eigenvalue weighted by molar-refractivity contribution is 5.93. The second-order valence-corrected chi connectivity index (χ2v) is 4.89. The van der Waals surface area contributed by atoms with Crippen molar-refractivity contribution in [2.24, 2.45) is 0 Å². The Hall–Kier alpha value is -1.82. The van der Waals surface area contributed by atoms with E-state index in [2.05, 4.69) is 0 Å². The monoisotopic (exact) mass is 254 g/mol. The maximum Gasteiger partial charge on any atom is 0.323 e. The van der Waals surface area contributed by atoms with Gasteiger partial charge in [0.1, 0.15) is 12.2 Å². The van der Waals surface area contributed by atoms with Crippen LogP contribution >= 0.6 is 0 Å². The van der Waals surface area contributed by atoms with Crippen LogP contribution in [-0.4, -0.2) is 50.8 Å². The molecule has 0 aliphatic rings. The van der Waals surface area contributed by atoms with E-state index in [1.165, 1.54) is 9.47 Å². The molecule has 0 atom stereocenters. The molecule has 6 nitrogen and oxygen atoms in total. The van der Waals surface area contributed by atoms with Crippen molar-refractivity contribution in [2.45, 2.75) is 26.0 Å². The molecule has 0 aromatic carbocycles. The quantitative estimate of drug-likeness (QED) is 0.797. The summed E-state index contributed by atoms with van der Waals surface area (Å²) in [5.74, 6) is -1.33. The van der Waals surface area contributed by atoms with Crippen LogP contribution in [-0.2, 0) is 11.3 Å². The van der Waals surface area contributed by atoms with Crippen LogP contribution in [0.15, 0.2) is 18.3 Å². The Morgan fingerprint density at radius 3 is 2.56 bits per heavy atom. The highest BCUT2D eigenvalue weighted by Crippen LogP contribution is 2.09. The molecule has 0 spiro atoms. The Morgan fingerprint density at radius 1 is 1.44 bits per heavy atom. The third-order valence-corrected chi connectivity index (χ3v) is 2.33. The SMILES string of the molecule is CN(CC(C)(C)O)C(=O)c1cccn1CC(=O)O. The van der Waals surface area contributed by atoms with E-state index in [4.69, 9.17) is 5.11 Å². The van der Waals surface area contributed by atoms with Gasteiger partial charge in [0, 0.05) is 19.8 Å². The van der Waals surface area contributed by atoms with Gasteiger partial charge in [0.2, 0.25) is 0 Å². The summed E-state index contributed by atoms with van der Waals surface area (Å²) in [6, 6.07) is 3.18. The van der Waals surface area contributed by atoms with E-state index in [0.29, 0.717) is 5.69 Å². The molecule has 0 saturated heterocycles. The van der Waals surface area contributed by atoms with Crippen LogP contribution in [0.5, 0.6) is 0 Å². The summed E-state index contributed by atoms with van der Waals surface area (Å²) < 4.78 is 1.37. The van der Waals surface area contributed by atoms with Gasteiger partial charge in [-0.2, -0.15) is 0 Å². The fourth-order valence-corrected chi connectivity index (χ4v) is 1.74. The normalized spacial score (nSPS) is 11.3. The summed E-state index contributed by atoms with van der Waals surface area (Å²) in [5.41, 5.74) is -0.696. The molecule has 0 unspecified atom stereocenters. The predicted molar refractivity (Wildman–Crippen MR) is 65.3 cm³/mol. The van der Waals surface area contributed by atoms with E-state index in [0.717, 1.165) is 0 Å². The summed E-state index contributed by atoms with van der Waals surface area (Å²) in [7, 11) is 1.57. The molecule has 1 aromatic heterocycles. The zero-order valence-electron chi connectivity index (χ0n) is 10.8. The van der Waals surface area contributed by atoms with E-state index >= 15 is 0 Å². The van der Waals surface area contributed by atoms with Crippen molar-refractivity contribution in [2.75, 3.05) is 13.6 Å². The van der Waals surface area contributed by atoms with E-state index < -0.39 is 11.6 Å². The number of carboxylic acid groups (broad SMARTS) is 1. The molecule has 1 rings (SSSR count). The molecule has 0 aliphatic heterocycles. The van der Waals surface area contributed by atoms with Gasteiger partial charge in [0.25, 0.3) is 5.91 Å². The molecule has 18 heavy (non-hydrogen) atoms. The predicted octanol–water partition coefficient (Wildman–Crippen LogP) is 0.416. The van der Waals surface area contributed by atoms with Crippen molar-refractivity contribution in [1.29, 1.82) is 0 Å². The maximum absolute atomic E-state index is 12.1. The van der Waals surface area contributed by atoms with Crippen molar-refractivity contribution in [3.63, 3.8) is 0 Å². The Balaban J connectivity index is 2.84. The minimum Gasteiger partial charge on any atom is -0.480 e. The lowest BCUT2D eigenvalue weighted by Crippen LogP contribution is -2.40. The van der Waals surface area contributed by atoms with E-state index in [9.17, 15) is 14.7 Å². The number of aliphatic hydroxyl groups is 1. The first-order chi connectivity index (χ1) is 8.20. The smallest absolute Gasteiger partial charge is 0.323 e. The van der Waals surface area contributed by atoms with Crippen LogP contribution in [0.1, 0.15) is 24.3 Å². The third-order valence-electron chi connectivity index (χ3n) is 2.33. The Labute approximate surface area is 105 Å². The van der Waals surface area contributed by atoms with Gasteiger partial charge < -0.3 is 19.7 Å². The number of carbonyl (C=O) groups is 2. The fourth-order valence-electron chi connectivity index (χ4n) is 1.74. The number of carbonyl (C=O) groups excluding carboxylic acids is 1. The topological polar surface area (TPSA) is 82.8 Å². The summed E-state index contributed by atoms with van der Waals surface area (Å²) in [6.45, 7) is 3.12. The van der Waals surface area contributed by atoms with Crippen LogP contribution < -0.4 is 0 Å². The molecule has 1 heterocycles. The maximum atomic E-state index is 12.1. The average Bonchev–Trinajstić information content (AvgIpc) is 2.60. The average molecular weight is 254 g/mol. The molecule has 1 amide bonds. The van der Waals surface area contributed by atoms with Crippen LogP contribution in [0.3, 0.4) is 0 Å². The largest absolute Gasteiger partial charge is 0.480 e. The minimum absolute atomic E-state index is 0.171. The van der Waals surface area contributed by atoms with E-state index in [1.54, 1.807) is 39.2 Å². The van der Waals surface area contributed by atoms with Gasteiger partial charge in [-0.15, -0.1) is 0 Å². The van der Waals surface area contributed by atoms with Crippen molar-refractivity contribution < 1.29 is 19.8 Å². The standard InChI is InChI=1S/C12H18N2O4/c1-12(2,18)8-13(3)11(17)9-5-4-6-14(9)7-10(15)16/h4-6,18H,7-8H2,1-3H3,(H,15,16). The highest BCUT2D eigenvalue weighted by Gasteiger charge is 2.22. The number of likely N-dealkylation sites (N-methyl/N-ethyl adjacent to an activating group) is 1. The van der Waals surface area contributed by atoms with Gasteiger partial charge in [-0.3, -0.25) is 9.59 Å². The number of amides is 1. The van der Waals surface area contributed by atoms with Gasteiger partial charge >= 0.3 is 5.97 Å². The van der Waals surface area contributed by atoms with Crippen molar-refractivity contribution >= 4 is 11.9 Å². The summed E-state index contributed by atoms with van der Waals surface area (Å²) >= 11 is 0. The summed E-state index contributed by atoms with van der Waals surface area (Å²) in [6.07, 6.45) is 1.54. The van der Waals surface area contributed by atoms with Crippen molar-refractivity contribution in [3.8, 4) is 0 Å². The second kappa shape index (κ2) is 5.22. The van der Waals surface area contributed by atoms with Gasteiger partial charge in [0.05, 0.1) is 5.60 Å². The first kappa shape index (κ1) is 14.2. The molecule has 0 saturated carbocycles. The highest BCUT2D eigenvalue weighted by atomic mass is 16.4. The Bertz CT molecular complexity index is 445. The molecular formula is C12H18N2O4. The molecule has 0 radical (unpaired) electrons. The molecule has 6 heteroatoms. The molecule has 0 aliphatic carbocycles. The van der Waals surface area contributed by atoms with Gasteiger partial charge in [-0.1, -0.05) is 0 Å². The number of aliphatic carboxylic acids is 1. The van der Waals surface area contributed by atoms with Crippen LogP contribution in [0, 0.1) is 0 Å². The number of rotatable bonds is 5. The molecule has 1 aromatic rings. The minimum atomic E-state index is -1.01. The van der Waals surface area contributed by atoms with Crippen LogP contribution in [0.2, 0.25) is 0 Å². The van der Waals surface area contributed by atoms with E-state index in [-0.39, 0.29) is 19.0 Å². The number of carboxylic acids is 1. The zero-order chi connectivity index (χ0) is 13.9. The van der Waals surface area contributed by atoms with Gasteiger partial charge in [-0.25, -0.2) is 0 Å². The first-order valence-corrected chi connectivity index (χ1v) is 5.55. The number of hydrogen-bond acceptors (Lipinski definition) is 3. The number of hydrogen-bond donors (Lipinski definition) is 2. The summed E-state index contributed by atoms with van der Waals surface area (Å²) in [4.78, 5) is 24.1. The van der Waals surface area contributed by atoms with Crippen LogP contribution in [0.4, 0.5) is 0 Å². The molecule has 0 bridgehead atoms. The molecular weight excluding hydrogens is 236 g/mol. The molecule has 0 fully saturated rings. The van der Waals surface area contributed by atoms with Gasteiger partial charge in [-0.05, 0) is 26.0 Å². The van der Waals surface area contributed by atoms with Crippen molar-refractivity contribution in [3.05, 3.63) is 24.0 Å². The molecule has 100 valence electrons. The van der Waals surface area contributed by atoms with Crippen molar-refractivity contribution in [1.82, 2.24) is 9.47 Å².